The Balaban J connectivity index is 1.39. The summed E-state index contributed by atoms with van der Waals surface area (Å²) in [6.45, 7) is 0.109. The number of thiocarbonyl (C=S) groups is 1. The van der Waals surface area contributed by atoms with E-state index in [0.29, 0.717) is 5.11 Å². The number of nitrogens with zero attached hydrogens (tertiary/aromatic N) is 3. The summed E-state index contributed by atoms with van der Waals surface area (Å²) in [5.41, 5.74) is 3.69. The van der Waals surface area contributed by atoms with Crippen LogP contribution in [0.1, 0.15) is 23.5 Å². The lowest BCUT2D eigenvalue weighted by Crippen LogP contribution is -2.37. The molecule has 1 fully saturated rings. The Labute approximate surface area is 220 Å². The van der Waals surface area contributed by atoms with Crippen molar-refractivity contribution in [1.29, 1.82) is 0 Å². The molecule has 182 valence electrons. The molecule has 3 aromatic carbocycles. The smallest absolute Gasteiger partial charge is 0.244 e. The molecule has 3 heterocycles. The maximum absolute atomic E-state index is 13.1. The minimum absolute atomic E-state index is 0.109. The Morgan fingerprint density at radius 2 is 1.68 bits per heavy atom. The largest absolute Gasteiger partial charge is 0.352 e. The first-order valence-electron chi connectivity index (χ1n) is 12.2. The van der Waals surface area contributed by atoms with Gasteiger partial charge in [0.1, 0.15) is 6.54 Å². The van der Waals surface area contributed by atoms with Crippen LogP contribution in [-0.4, -0.2) is 32.0 Å². The zero-order valence-corrected chi connectivity index (χ0v) is 20.8. The topological polar surface area (TPSA) is 62.2 Å². The number of carbonyl (C=O) groups excluding carboxylic acids is 1. The molecule has 5 aromatic rings. The van der Waals surface area contributed by atoms with Crippen molar-refractivity contribution in [2.75, 3.05) is 11.9 Å². The molecule has 0 saturated carbocycles. The maximum atomic E-state index is 13.1. The van der Waals surface area contributed by atoms with Gasteiger partial charge < -0.3 is 20.1 Å². The van der Waals surface area contributed by atoms with Crippen LogP contribution in [0.5, 0.6) is 0 Å². The van der Waals surface area contributed by atoms with Crippen molar-refractivity contribution < 1.29 is 4.79 Å². The highest BCUT2D eigenvalue weighted by Crippen LogP contribution is 2.39. The average Bonchev–Trinajstić information content (AvgIpc) is 3.54. The molecule has 1 saturated heterocycles. The van der Waals surface area contributed by atoms with Crippen molar-refractivity contribution in [1.82, 2.24) is 19.8 Å². The van der Waals surface area contributed by atoms with Gasteiger partial charge in [0, 0.05) is 29.5 Å². The van der Waals surface area contributed by atoms with Crippen LogP contribution in [0.25, 0.3) is 16.5 Å². The fraction of sp³-hybridized carbons (Fsp3) is 0.100. The first kappa shape index (κ1) is 22.9. The second kappa shape index (κ2) is 9.87. The number of hydrogen-bond acceptors (Lipinski definition) is 3. The van der Waals surface area contributed by atoms with E-state index in [4.69, 9.17) is 12.2 Å². The molecule has 6 rings (SSSR count). The van der Waals surface area contributed by atoms with Crippen molar-refractivity contribution in [3.8, 4) is 5.69 Å². The number of para-hydroxylation sites is 1. The van der Waals surface area contributed by atoms with Crippen LogP contribution < -0.4 is 10.6 Å². The van der Waals surface area contributed by atoms with E-state index in [0.717, 1.165) is 22.8 Å². The molecular formula is C30H25N5OS. The lowest BCUT2D eigenvalue weighted by atomic mass is 10.0. The second-order valence-corrected chi connectivity index (χ2v) is 9.39. The lowest BCUT2D eigenvalue weighted by molar-refractivity contribution is -0.116. The SMILES string of the molecule is O=C(CN1C(=S)N[C@H](c2ccccn2)[C@@H]1c1cccn1-c1ccc2ccccc2c1)Nc1ccccc1. The predicted octanol–water partition coefficient (Wildman–Crippen LogP) is 5.64. The maximum Gasteiger partial charge on any atom is 0.244 e. The molecular weight excluding hydrogens is 478 g/mol. The zero-order valence-electron chi connectivity index (χ0n) is 20.0. The number of fused-ring (bicyclic) bond motifs is 1. The number of pyridine rings is 1. The second-order valence-electron chi connectivity index (χ2n) is 9.00. The molecule has 1 amide bonds. The van der Waals surface area contributed by atoms with Crippen LogP contribution in [0.15, 0.2) is 116 Å². The Bertz CT molecular complexity index is 1570. The van der Waals surface area contributed by atoms with Crippen LogP contribution in [0.2, 0.25) is 0 Å². The molecule has 0 spiro atoms. The summed E-state index contributed by atoms with van der Waals surface area (Å²) >= 11 is 5.77. The number of benzene rings is 3. The molecule has 0 unspecified atom stereocenters. The minimum atomic E-state index is -0.245. The van der Waals surface area contributed by atoms with Crippen molar-refractivity contribution in [3.63, 3.8) is 0 Å². The Kier molecular flexibility index (Phi) is 6.12. The quantitative estimate of drug-likeness (QED) is 0.294. The van der Waals surface area contributed by atoms with E-state index in [1.165, 1.54) is 10.8 Å². The Morgan fingerprint density at radius 1 is 0.892 bits per heavy atom. The standard InChI is InChI=1S/C30H25N5OS/c36-27(32-23-11-2-1-3-12-23)20-35-29(28(33-30(35)37)25-13-6-7-17-31-25)26-14-8-18-34(26)24-16-15-21-9-4-5-10-22(21)19-24/h1-19,28-29H,20H2,(H,32,36)(H,33,37)/t28-,29+/m1/s1. The molecule has 2 N–H and O–H groups in total. The number of hydrogen-bond donors (Lipinski definition) is 2. The van der Waals surface area contributed by atoms with Crippen molar-refractivity contribution in [2.24, 2.45) is 0 Å². The third-order valence-electron chi connectivity index (χ3n) is 6.66. The normalized spacial score (nSPS) is 17.1. The van der Waals surface area contributed by atoms with Crippen LogP contribution in [0, 0.1) is 0 Å². The number of aromatic nitrogens is 2. The van der Waals surface area contributed by atoms with E-state index < -0.39 is 0 Å². The highest BCUT2D eigenvalue weighted by atomic mass is 32.1. The third kappa shape index (κ3) is 4.57. The van der Waals surface area contributed by atoms with Gasteiger partial charge in [-0.1, -0.05) is 54.6 Å². The number of anilines is 1. The van der Waals surface area contributed by atoms with Crippen molar-refractivity contribution in [2.45, 2.75) is 12.1 Å². The molecule has 0 aliphatic carbocycles. The number of nitrogens with one attached hydrogen (secondary N) is 2. The summed E-state index contributed by atoms with van der Waals surface area (Å²) in [5.74, 6) is -0.133. The first-order chi connectivity index (χ1) is 18.2. The van der Waals surface area contributed by atoms with E-state index in [1.54, 1.807) is 6.20 Å². The fourth-order valence-electron chi connectivity index (χ4n) is 4.97. The third-order valence-corrected chi connectivity index (χ3v) is 7.02. The van der Waals surface area contributed by atoms with Crippen LogP contribution in [-0.2, 0) is 4.79 Å². The molecule has 2 atom stereocenters. The first-order valence-corrected chi connectivity index (χ1v) is 12.6. The summed E-state index contributed by atoms with van der Waals surface area (Å²) in [6, 6.07) is 33.7. The summed E-state index contributed by atoms with van der Waals surface area (Å²) < 4.78 is 2.17. The predicted molar refractivity (Wildman–Crippen MR) is 151 cm³/mol. The van der Waals surface area contributed by atoms with Crippen LogP contribution >= 0.6 is 12.2 Å². The van der Waals surface area contributed by atoms with E-state index in [-0.39, 0.29) is 24.5 Å². The van der Waals surface area contributed by atoms with Crippen LogP contribution in [0.4, 0.5) is 5.69 Å². The van der Waals surface area contributed by atoms with E-state index >= 15 is 0 Å². The molecule has 6 nitrogen and oxygen atoms in total. The number of rotatable bonds is 6. The van der Waals surface area contributed by atoms with Gasteiger partial charge in [-0.25, -0.2) is 0 Å². The van der Waals surface area contributed by atoms with Gasteiger partial charge in [0.15, 0.2) is 5.11 Å². The zero-order chi connectivity index (χ0) is 25.2. The van der Waals surface area contributed by atoms with E-state index in [2.05, 4.69) is 62.8 Å². The fourth-order valence-corrected chi connectivity index (χ4v) is 5.28. The molecule has 7 heteroatoms. The van der Waals surface area contributed by atoms with Gasteiger partial charge >= 0.3 is 0 Å². The summed E-state index contributed by atoms with van der Waals surface area (Å²) in [7, 11) is 0. The van der Waals surface area contributed by atoms with Gasteiger partial charge in [-0.3, -0.25) is 9.78 Å². The summed E-state index contributed by atoms with van der Waals surface area (Å²) in [4.78, 5) is 19.7. The van der Waals surface area contributed by atoms with E-state index in [9.17, 15) is 4.79 Å². The van der Waals surface area contributed by atoms with Gasteiger partial charge in [-0.2, -0.15) is 0 Å². The molecule has 37 heavy (non-hydrogen) atoms. The molecule has 0 radical (unpaired) electrons. The lowest BCUT2D eigenvalue weighted by Gasteiger charge is -2.28. The van der Waals surface area contributed by atoms with Gasteiger partial charge in [-0.05, 0) is 71.5 Å². The number of amides is 1. The van der Waals surface area contributed by atoms with Gasteiger partial charge in [0.05, 0.1) is 17.8 Å². The highest BCUT2D eigenvalue weighted by Gasteiger charge is 2.42. The molecule has 1 aliphatic heterocycles. The molecule has 1 aliphatic rings. The van der Waals surface area contributed by atoms with Crippen LogP contribution in [0.3, 0.4) is 0 Å². The number of carbonyl (C=O) groups is 1. The van der Waals surface area contributed by atoms with Gasteiger partial charge in [-0.15, -0.1) is 0 Å². The molecule has 0 bridgehead atoms. The Morgan fingerprint density at radius 3 is 2.49 bits per heavy atom. The summed E-state index contributed by atoms with van der Waals surface area (Å²) in [6.07, 6.45) is 3.84. The van der Waals surface area contributed by atoms with Crippen molar-refractivity contribution in [3.05, 3.63) is 127 Å². The van der Waals surface area contributed by atoms with Gasteiger partial charge in [0.2, 0.25) is 5.91 Å². The monoisotopic (exact) mass is 503 g/mol. The Hall–Kier alpha value is -4.49. The van der Waals surface area contributed by atoms with Crippen molar-refractivity contribution >= 4 is 39.7 Å². The summed E-state index contributed by atoms with van der Waals surface area (Å²) in [5, 5.41) is 9.30. The van der Waals surface area contributed by atoms with Gasteiger partial charge in [0.25, 0.3) is 0 Å². The average molecular weight is 504 g/mol. The minimum Gasteiger partial charge on any atom is -0.352 e. The van der Waals surface area contributed by atoms with E-state index in [1.807, 2.05) is 71.6 Å². The highest BCUT2D eigenvalue weighted by molar-refractivity contribution is 7.80. The molecule has 2 aromatic heterocycles.